The van der Waals surface area contributed by atoms with Crippen molar-refractivity contribution >= 4 is 11.9 Å². The minimum absolute atomic E-state index is 0.0290. The number of rotatable bonds is 15. The third-order valence-electron chi connectivity index (χ3n) is 10.3. The number of allylic oxidation sites excluding steroid dienone is 1. The Hall–Kier alpha value is -3.43. The zero-order valence-electron chi connectivity index (χ0n) is 30.7. The second-order valence-electron chi connectivity index (χ2n) is 14.2. The Morgan fingerprint density at radius 1 is 0.818 bits per heavy atom. The molecule has 9 N–H and O–H groups in total. The van der Waals surface area contributed by atoms with Gasteiger partial charge in [-0.1, -0.05) is 25.1 Å². The molecule has 17 nitrogen and oxygen atoms in total. The predicted octanol–water partition coefficient (Wildman–Crippen LogP) is -0.619. The summed E-state index contributed by atoms with van der Waals surface area (Å²) in [5.41, 5.74) is 1.21. The summed E-state index contributed by atoms with van der Waals surface area (Å²) >= 11 is 0. The molecule has 17 heteroatoms. The standard InChI is InChI=1S/C38H52O17/c1-18-12-28(32(45)33(46)30(18)43)54-36-22(15-21(39)7-4-19-5-8-23(40)27(14-19)50-3)29(17-53-37-34(47)31(44)25(42)16-52-37)55-38(35(36)48)51-11-10-20-6-9-26(49-2)24(41)13-20/h4-9,13-14,18,22,25,28-38,40-48H,10-12,15-17H2,1-3H3. The van der Waals surface area contributed by atoms with Crippen LogP contribution in [0.3, 0.4) is 0 Å². The minimum Gasteiger partial charge on any atom is -0.504 e. The average molecular weight is 781 g/mol. The van der Waals surface area contributed by atoms with Crippen LogP contribution in [-0.2, 0) is 34.9 Å². The average Bonchev–Trinajstić information content (AvgIpc) is 3.17. The summed E-state index contributed by atoms with van der Waals surface area (Å²) < 4.78 is 40.1. The highest BCUT2D eigenvalue weighted by Gasteiger charge is 2.51. The second-order valence-corrected chi connectivity index (χ2v) is 14.2. The van der Waals surface area contributed by atoms with Crippen LogP contribution in [0.15, 0.2) is 42.5 Å². The summed E-state index contributed by atoms with van der Waals surface area (Å²) in [5.74, 6) is -1.69. The topological polar surface area (TPSA) is 264 Å². The first-order chi connectivity index (χ1) is 26.2. The number of carbonyl (C=O) groups is 1. The van der Waals surface area contributed by atoms with Crippen molar-refractivity contribution in [3.05, 3.63) is 53.6 Å². The number of aromatic hydroxyl groups is 2. The van der Waals surface area contributed by atoms with Gasteiger partial charge in [-0.25, -0.2) is 0 Å². The fourth-order valence-electron chi connectivity index (χ4n) is 7.03. The van der Waals surface area contributed by atoms with E-state index in [0.717, 1.165) is 0 Å². The third-order valence-corrected chi connectivity index (χ3v) is 10.3. The van der Waals surface area contributed by atoms with E-state index >= 15 is 0 Å². The van der Waals surface area contributed by atoms with Crippen LogP contribution in [0, 0.1) is 11.8 Å². The van der Waals surface area contributed by atoms with E-state index in [1.54, 1.807) is 25.1 Å². The SMILES string of the molecule is COc1ccc(CCOC2OC(COC3OCC(O)C(O)C3O)C(CC(=O)C=Cc3ccc(O)c(OC)c3)C(OC3CC(C)C(O)C(O)C3O)C2O)cc1O. The normalized spacial score (nSPS) is 35.5. The molecule has 5 rings (SSSR count). The summed E-state index contributed by atoms with van der Waals surface area (Å²) in [7, 11) is 2.81. The van der Waals surface area contributed by atoms with E-state index in [1.165, 1.54) is 44.6 Å². The van der Waals surface area contributed by atoms with E-state index in [4.69, 9.17) is 33.2 Å². The van der Waals surface area contributed by atoms with Crippen molar-refractivity contribution in [3.63, 3.8) is 0 Å². The number of ketones is 1. The summed E-state index contributed by atoms with van der Waals surface area (Å²) in [6, 6.07) is 9.30. The number of aliphatic hydroxyl groups is 7. The van der Waals surface area contributed by atoms with E-state index in [0.29, 0.717) is 11.1 Å². The van der Waals surface area contributed by atoms with Crippen LogP contribution in [-0.4, -0.2) is 159 Å². The van der Waals surface area contributed by atoms with Gasteiger partial charge < -0.3 is 79.1 Å². The van der Waals surface area contributed by atoms with E-state index in [-0.39, 0.29) is 55.5 Å². The molecule has 0 radical (unpaired) electrons. The molecule has 3 fully saturated rings. The molecule has 2 aromatic carbocycles. The Morgan fingerprint density at radius 2 is 1.56 bits per heavy atom. The number of phenols is 2. The van der Waals surface area contributed by atoms with Gasteiger partial charge in [0.2, 0.25) is 0 Å². The smallest absolute Gasteiger partial charge is 0.186 e. The fraction of sp³-hybridized carbons (Fsp3) is 0.605. The van der Waals surface area contributed by atoms with Crippen LogP contribution in [0.4, 0.5) is 0 Å². The molecule has 0 bridgehead atoms. The molecule has 1 saturated carbocycles. The minimum atomic E-state index is -1.64. The van der Waals surface area contributed by atoms with Gasteiger partial charge in [-0.15, -0.1) is 0 Å². The molecule has 2 heterocycles. The first-order valence-corrected chi connectivity index (χ1v) is 18.1. The number of phenolic OH excluding ortho intramolecular Hbond substituents is 2. The molecule has 0 aromatic heterocycles. The maximum absolute atomic E-state index is 13.6. The Labute approximate surface area is 317 Å². The van der Waals surface area contributed by atoms with Crippen molar-refractivity contribution in [1.82, 2.24) is 0 Å². The predicted molar refractivity (Wildman–Crippen MR) is 190 cm³/mol. The van der Waals surface area contributed by atoms with E-state index in [9.17, 15) is 50.8 Å². The first-order valence-electron chi connectivity index (χ1n) is 18.1. The second kappa shape index (κ2) is 19.1. The van der Waals surface area contributed by atoms with Crippen LogP contribution in [0.25, 0.3) is 6.08 Å². The molecule has 0 amide bonds. The van der Waals surface area contributed by atoms with Crippen molar-refractivity contribution in [2.24, 2.45) is 11.8 Å². The molecular formula is C38H52O17. The summed E-state index contributed by atoms with van der Waals surface area (Å²) in [4.78, 5) is 13.6. The van der Waals surface area contributed by atoms with Crippen molar-refractivity contribution in [2.75, 3.05) is 34.0 Å². The molecule has 0 spiro atoms. The van der Waals surface area contributed by atoms with Crippen molar-refractivity contribution in [2.45, 2.75) is 99.8 Å². The van der Waals surface area contributed by atoms with Crippen LogP contribution < -0.4 is 9.47 Å². The van der Waals surface area contributed by atoms with Crippen molar-refractivity contribution < 1.29 is 83.9 Å². The Balaban J connectivity index is 1.42. The number of benzene rings is 2. The highest BCUT2D eigenvalue weighted by Crippen LogP contribution is 2.37. The highest BCUT2D eigenvalue weighted by atomic mass is 16.7. The van der Waals surface area contributed by atoms with Gasteiger partial charge in [-0.3, -0.25) is 4.79 Å². The first kappa shape index (κ1) is 42.7. The van der Waals surface area contributed by atoms with Gasteiger partial charge in [0, 0.05) is 12.3 Å². The van der Waals surface area contributed by atoms with E-state index in [1.807, 2.05) is 0 Å². The van der Waals surface area contributed by atoms with Gasteiger partial charge in [0.25, 0.3) is 0 Å². The largest absolute Gasteiger partial charge is 0.504 e. The molecule has 14 unspecified atom stereocenters. The number of aliphatic hydroxyl groups excluding tert-OH is 7. The molecule has 14 atom stereocenters. The Bertz CT molecular complexity index is 1590. The van der Waals surface area contributed by atoms with E-state index in [2.05, 4.69) is 0 Å². The molecule has 2 aromatic rings. The monoisotopic (exact) mass is 780 g/mol. The molecule has 55 heavy (non-hydrogen) atoms. The Kier molecular flexibility index (Phi) is 14.9. The van der Waals surface area contributed by atoms with Crippen LogP contribution in [0.5, 0.6) is 23.0 Å². The molecular weight excluding hydrogens is 728 g/mol. The van der Waals surface area contributed by atoms with Crippen LogP contribution in [0.1, 0.15) is 30.9 Å². The highest BCUT2D eigenvalue weighted by molar-refractivity contribution is 5.93. The number of hydrogen-bond donors (Lipinski definition) is 9. The summed E-state index contributed by atoms with van der Waals surface area (Å²) in [6.07, 6.45) is -14.0. The molecule has 2 saturated heterocycles. The number of hydrogen-bond acceptors (Lipinski definition) is 17. The molecule has 3 aliphatic rings. The van der Waals surface area contributed by atoms with Crippen LogP contribution in [0.2, 0.25) is 0 Å². The number of ether oxygens (including phenoxy) is 7. The van der Waals surface area contributed by atoms with Gasteiger partial charge >= 0.3 is 0 Å². The van der Waals surface area contributed by atoms with Crippen molar-refractivity contribution in [3.8, 4) is 23.0 Å². The number of carbonyl (C=O) groups excluding carboxylic acids is 1. The van der Waals surface area contributed by atoms with Gasteiger partial charge in [0.15, 0.2) is 41.4 Å². The summed E-state index contributed by atoms with van der Waals surface area (Å²) in [5, 5.41) is 94.6. The lowest BCUT2D eigenvalue weighted by Gasteiger charge is -2.48. The molecule has 2 aliphatic heterocycles. The zero-order valence-corrected chi connectivity index (χ0v) is 30.7. The van der Waals surface area contributed by atoms with Gasteiger partial charge in [0.1, 0.15) is 36.6 Å². The lowest BCUT2D eigenvalue weighted by atomic mass is 9.80. The number of methoxy groups -OCH3 is 2. The maximum atomic E-state index is 13.6. The van der Waals surface area contributed by atoms with Crippen molar-refractivity contribution in [1.29, 1.82) is 0 Å². The van der Waals surface area contributed by atoms with Crippen LogP contribution >= 0.6 is 0 Å². The zero-order chi connectivity index (χ0) is 40.0. The van der Waals surface area contributed by atoms with Gasteiger partial charge in [-0.2, -0.15) is 0 Å². The van der Waals surface area contributed by atoms with E-state index < -0.39 is 97.8 Å². The molecule has 306 valence electrons. The van der Waals surface area contributed by atoms with Gasteiger partial charge in [0.05, 0.1) is 58.5 Å². The third kappa shape index (κ3) is 10.3. The lowest BCUT2D eigenvalue weighted by Crippen LogP contribution is -2.62. The lowest BCUT2D eigenvalue weighted by molar-refractivity contribution is -0.325. The van der Waals surface area contributed by atoms with Gasteiger partial charge in [-0.05, 0) is 60.2 Å². The maximum Gasteiger partial charge on any atom is 0.186 e. The Morgan fingerprint density at radius 3 is 2.27 bits per heavy atom. The molecule has 1 aliphatic carbocycles. The fourth-order valence-corrected chi connectivity index (χ4v) is 7.03. The quantitative estimate of drug-likeness (QED) is 0.102. The summed E-state index contributed by atoms with van der Waals surface area (Å²) in [6.45, 7) is 0.900.